The van der Waals surface area contributed by atoms with Crippen LogP contribution in [0.25, 0.3) is 0 Å². The monoisotopic (exact) mass is 343 g/mol. The van der Waals surface area contributed by atoms with Gasteiger partial charge in [0, 0.05) is 5.69 Å². The van der Waals surface area contributed by atoms with Gasteiger partial charge in [-0.15, -0.1) is 0 Å². The number of hydrogen-bond donors (Lipinski definition) is 1. The third-order valence-corrected chi connectivity index (χ3v) is 3.58. The molecule has 1 unspecified atom stereocenters. The third-order valence-electron chi connectivity index (χ3n) is 3.58. The Morgan fingerprint density at radius 1 is 1.00 bits per heavy atom. The molecule has 2 aromatic rings. The van der Waals surface area contributed by atoms with E-state index in [0.29, 0.717) is 29.2 Å². The number of esters is 1. The zero-order chi connectivity index (χ0) is 18.2. The fraction of sp³-hybridized carbons (Fsp3) is 0.263. The first kappa shape index (κ1) is 18.3. The van der Waals surface area contributed by atoms with Gasteiger partial charge in [0.2, 0.25) is 0 Å². The molecule has 0 aliphatic rings. The van der Waals surface area contributed by atoms with Crippen LogP contribution in [0, 0.1) is 0 Å². The molecular weight excluding hydrogens is 322 g/mol. The van der Waals surface area contributed by atoms with Crippen molar-refractivity contribution in [1.29, 1.82) is 0 Å². The molecule has 0 heterocycles. The SMILES string of the molecule is CCC(Oc1ccccc1OC)C(=O)Nc1ccc(C(=O)OC)cc1. The first-order chi connectivity index (χ1) is 12.1. The average Bonchev–Trinajstić information content (AvgIpc) is 2.66. The van der Waals surface area contributed by atoms with Gasteiger partial charge in [-0.1, -0.05) is 19.1 Å². The number of hydrogen-bond acceptors (Lipinski definition) is 5. The van der Waals surface area contributed by atoms with E-state index in [0.717, 1.165) is 0 Å². The molecule has 0 aliphatic carbocycles. The summed E-state index contributed by atoms with van der Waals surface area (Å²) in [7, 11) is 2.87. The number of carbonyl (C=O) groups is 2. The van der Waals surface area contributed by atoms with Crippen molar-refractivity contribution in [2.75, 3.05) is 19.5 Å². The lowest BCUT2D eigenvalue weighted by Gasteiger charge is -2.19. The minimum Gasteiger partial charge on any atom is -0.493 e. The molecule has 0 saturated carbocycles. The second-order valence-corrected chi connectivity index (χ2v) is 5.22. The van der Waals surface area contributed by atoms with Crippen molar-refractivity contribution in [1.82, 2.24) is 0 Å². The van der Waals surface area contributed by atoms with E-state index in [1.807, 2.05) is 19.1 Å². The van der Waals surface area contributed by atoms with Gasteiger partial charge in [0.1, 0.15) is 0 Å². The summed E-state index contributed by atoms with van der Waals surface area (Å²) in [6.07, 6.45) is -0.180. The van der Waals surface area contributed by atoms with Gasteiger partial charge in [-0.25, -0.2) is 4.79 Å². The van der Waals surface area contributed by atoms with Gasteiger partial charge in [-0.2, -0.15) is 0 Å². The van der Waals surface area contributed by atoms with Crippen molar-refractivity contribution in [3.63, 3.8) is 0 Å². The highest BCUT2D eigenvalue weighted by Gasteiger charge is 2.20. The summed E-state index contributed by atoms with van der Waals surface area (Å²) in [4.78, 5) is 23.9. The normalized spacial score (nSPS) is 11.3. The van der Waals surface area contributed by atoms with Crippen LogP contribution in [0.15, 0.2) is 48.5 Å². The van der Waals surface area contributed by atoms with E-state index in [9.17, 15) is 9.59 Å². The van der Waals surface area contributed by atoms with E-state index < -0.39 is 12.1 Å². The lowest BCUT2D eigenvalue weighted by atomic mass is 10.2. The fourth-order valence-electron chi connectivity index (χ4n) is 2.22. The summed E-state index contributed by atoms with van der Waals surface area (Å²) >= 11 is 0. The highest BCUT2D eigenvalue weighted by Crippen LogP contribution is 2.27. The van der Waals surface area contributed by atoms with Crippen LogP contribution < -0.4 is 14.8 Å². The molecular formula is C19H21NO5. The van der Waals surface area contributed by atoms with Crippen LogP contribution >= 0.6 is 0 Å². The highest BCUT2D eigenvalue weighted by molar-refractivity contribution is 5.95. The Morgan fingerprint density at radius 3 is 2.20 bits per heavy atom. The number of ether oxygens (including phenoxy) is 3. The Kier molecular flexibility index (Phi) is 6.39. The van der Waals surface area contributed by atoms with E-state index in [4.69, 9.17) is 9.47 Å². The van der Waals surface area contributed by atoms with Gasteiger partial charge in [0.25, 0.3) is 5.91 Å². The van der Waals surface area contributed by atoms with E-state index in [1.54, 1.807) is 43.5 Å². The Hall–Kier alpha value is -3.02. The largest absolute Gasteiger partial charge is 0.493 e. The van der Waals surface area contributed by atoms with Gasteiger partial charge in [0.05, 0.1) is 19.8 Å². The number of methoxy groups -OCH3 is 2. The third kappa shape index (κ3) is 4.73. The summed E-state index contributed by atoms with van der Waals surface area (Å²) in [5.41, 5.74) is 0.984. The summed E-state index contributed by atoms with van der Waals surface area (Å²) in [5, 5.41) is 2.78. The predicted molar refractivity (Wildman–Crippen MR) is 94.1 cm³/mol. The molecule has 0 radical (unpaired) electrons. The van der Waals surface area contributed by atoms with Crippen LogP contribution in [0.2, 0.25) is 0 Å². The van der Waals surface area contributed by atoms with Gasteiger partial charge in [-0.3, -0.25) is 4.79 Å². The Bertz CT molecular complexity index is 727. The van der Waals surface area contributed by atoms with Crippen molar-refractivity contribution in [3.8, 4) is 11.5 Å². The van der Waals surface area contributed by atoms with Crippen LogP contribution in [0.4, 0.5) is 5.69 Å². The van der Waals surface area contributed by atoms with Gasteiger partial charge in [0.15, 0.2) is 17.6 Å². The van der Waals surface area contributed by atoms with Gasteiger partial charge in [-0.05, 0) is 42.8 Å². The molecule has 0 fully saturated rings. The molecule has 0 aromatic heterocycles. The minimum atomic E-state index is -0.670. The van der Waals surface area contributed by atoms with E-state index in [2.05, 4.69) is 10.1 Å². The maximum atomic E-state index is 12.5. The quantitative estimate of drug-likeness (QED) is 0.781. The van der Waals surface area contributed by atoms with Crippen molar-refractivity contribution < 1.29 is 23.8 Å². The molecule has 0 saturated heterocycles. The highest BCUT2D eigenvalue weighted by atomic mass is 16.5. The maximum absolute atomic E-state index is 12.5. The van der Waals surface area contributed by atoms with Crippen LogP contribution in [-0.4, -0.2) is 32.2 Å². The molecule has 0 spiro atoms. The average molecular weight is 343 g/mol. The van der Waals surface area contributed by atoms with Crippen molar-refractivity contribution in [2.45, 2.75) is 19.4 Å². The first-order valence-electron chi connectivity index (χ1n) is 7.88. The zero-order valence-corrected chi connectivity index (χ0v) is 14.4. The molecule has 1 N–H and O–H groups in total. The standard InChI is InChI=1S/C19H21NO5/c1-4-15(25-17-8-6-5-7-16(17)23-2)18(21)20-14-11-9-13(10-12-14)19(22)24-3/h5-12,15H,4H2,1-3H3,(H,20,21). The molecule has 2 aromatic carbocycles. The lowest BCUT2D eigenvalue weighted by Crippen LogP contribution is -2.32. The molecule has 6 nitrogen and oxygen atoms in total. The number of amides is 1. The summed E-state index contributed by atoms with van der Waals surface area (Å²) in [6, 6.07) is 13.6. The number of para-hydroxylation sites is 2. The first-order valence-corrected chi connectivity index (χ1v) is 7.88. The second-order valence-electron chi connectivity index (χ2n) is 5.22. The molecule has 0 aliphatic heterocycles. The Morgan fingerprint density at radius 2 is 1.64 bits per heavy atom. The van der Waals surface area contributed by atoms with E-state index >= 15 is 0 Å². The molecule has 6 heteroatoms. The second kappa shape index (κ2) is 8.73. The smallest absolute Gasteiger partial charge is 0.337 e. The van der Waals surface area contributed by atoms with Gasteiger partial charge >= 0.3 is 5.97 Å². The van der Waals surface area contributed by atoms with Crippen LogP contribution in [0.5, 0.6) is 11.5 Å². The molecule has 25 heavy (non-hydrogen) atoms. The molecule has 1 amide bonds. The van der Waals surface area contributed by atoms with Crippen LogP contribution in [-0.2, 0) is 9.53 Å². The Balaban J connectivity index is 2.05. The fourth-order valence-corrected chi connectivity index (χ4v) is 2.22. The number of benzene rings is 2. The minimum absolute atomic E-state index is 0.278. The molecule has 2 rings (SSSR count). The van der Waals surface area contributed by atoms with E-state index in [-0.39, 0.29) is 5.91 Å². The molecule has 0 bridgehead atoms. The number of rotatable bonds is 7. The number of carbonyl (C=O) groups excluding carboxylic acids is 2. The zero-order valence-electron chi connectivity index (χ0n) is 14.4. The number of anilines is 1. The lowest BCUT2D eigenvalue weighted by molar-refractivity contribution is -0.122. The topological polar surface area (TPSA) is 73.9 Å². The molecule has 132 valence electrons. The van der Waals surface area contributed by atoms with Crippen molar-refractivity contribution in [2.24, 2.45) is 0 Å². The summed E-state index contributed by atoms with van der Waals surface area (Å²) in [6.45, 7) is 1.86. The van der Waals surface area contributed by atoms with Crippen LogP contribution in [0.3, 0.4) is 0 Å². The number of nitrogens with one attached hydrogen (secondary N) is 1. The van der Waals surface area contributed by atoms with E-state index in [1.165, 1.54) is 7.11 Å². The van der Waals surface area contributed by atoms with Crippen LogP contribution in [0.1, 0.15) is 23.7 Å². The predicted octanol–water partition coefficient (Wildman–Crippen LogP) is 3.28. The van der Waals surface area contributed by atoms with Crippen molar-refractivity contribution >= 4 is 17.6 Å². The molecule has 1 atom stereocenters. The summed E-state index contributed by atoms with van der Waals surface area (Å²) in [5.74, 6) is 0.368. The van der Waals surface area contributed by atoms with Crippen molar-refractivity contribution in [3.05, 3.63) is 54.1 Å². The van der Waals surface area contributed by atoms with Gasteiger partial charge < -0.3 is 19.5 Å². The maximum Gasteiger partial charge on any atom is 0.337 e. The summed E-state index contributed by atoms with van der Waals surface area (Å²) < 4.78 is 15.7. The Labute approximate surface area is 146 Å².